The van der Waals surface area contributed by atoms with Crippen LogP contribution in [-0.4, -0.2) is 31.2 Å². The van der Waals surface area contributed by atoms with E-state index >= 15 is 0 Å². The van der Waals surface area contributed by atoms with Gasteiger partial charge in [0, 0.05) is 24.7 Å². The summed E-state index contributed by atoms with van der Waals surface area (Å²) in [5, 5.41) is 2.95. The van der Waals surface area contributed by atoms with Crippen molar-refractivity contribution in [3.63, 3.8) is 0 Å². The second-order valence-electron chi connectivity index (χ2n) is 7.08. The smallest absolute Gasteiger partial charge is 0.243 e. The Hall–Kier alpha value is -2.18. The fraction of sp³-hybridized carbons (Fsp3) is 0.381. The van der Waals surface area contributed by atoms with Gasteiger partial charge in [-0.1, -0.05) is 36.8 Å². The first-order chi connectivity index (χ1) is 12.9. The third kappa shape index (κ3) is 4.39. The lowest BCUT2D eigenvalue weighted by molar-refractivity contribution is -0.117. The van der Waals surface area contributed by atoms with Crippen molar-refractivity contribution in [2.75, 3.05) is 11.9 Å². The largest absolute Gasteiger partial charge is 0.326 e. The number of rotatable bonds is 5. The Morgan fingerprint density at radius 3 is 2.56 bits per heavy atom. The monoisotopic (exact) mass is 386 g/mol. The van der Waals surface area contributed by atoms with Crippen LogP contribution in [0.5, 0.6) is 0 Å². The molecule has 2 aromatic rings. The molecule has 27 heavy (non-hydrogen) atoms. The molecule has 0 aromatic heterocycles. The average molecular weight is 387 g/mol. The summed E-state index contributed by atoms with van der Waals surface area (Å²) in [5.41, 5.74) is 2.93. The third-order valence-corrected chi connectivity index (χ3v) is 7.19. The first-order valence-corrected chi connectivity index (χ1v) is 10.8. The number of piperidine rings is 1. The van der Waals surface area contributed by atoms with Crippen LogP contribution in [0.1, 0.15) is 36.8 Å². The van der Waals surface area contributed by atoms with Crippen LogP contribution in [0, 0.1) is 13.8 Å². The van der Waals surface area contributed by atoms with Crippen LogP contribution < -0.4 is 5.32 Å². The number of sulfonamides is 1. The molecule has 0 unspecified atom stereocenters. The van der Waals surface area contributed by atoms with Crippen LogP contribution >= 0.6 is 0 Å². The Balaban J connectivity index is 1.76. The first-order valence-electron chi connectivity index (χ1n) is 9.32. The Bertz CT molecular complexity index is 910. The van der Waals surface area contributed by atoms with E-state index in [4.69, 9.17) is 0 Å². The molecule has 5 nitrogen and oxygen atoms in total. The van der Waals surface area contributed by atoms with Crippen molar-refractivity contribution in [1.82, 2.24) is 4.31 Å². The SMILES string of the molecule is Cc1cccc(NC(=O)C[C@H]2CCCCN2S(=O)(=O)c2ccccc2)c1C. The number of carbonyl (C=O) groups is 1. The molecule has 1 fully saturated rings. The number of nitrogens with one attached hydrogen (secondary N) is 1. The molecule has 1 saturated heterocycles. The Labute approximate surface area is 161 Å². The van der Waals surface area contributed by atoms with Gasteiger partial charge in [0.05, 0.1) is 4.90 Å². The number of aryl methyl sites for hydroxylation is 1. The minimum atomic E-state index is -3.59. The molecule has 0 radical (unpaired) electrons. The molecule has 3 rings (SSSR count). The van der Waals surface area contributed by atoms with Crippen molar-refractivity contribution < 1.29 is 13.2 Å². The zero-order chi connectivity index (χ0) is 19.4. The summed E-state index contributed by atoms with van der Waals surface area (Å²) in [6.45, 7) is 4.43. The molecule has 1 amide bonds. The molecule has 1 atom stereocenters. The molecule has 0 saturated carbocycles. The van der Waals surface area contributed by atoms with Crippen molar-refractivity contribution in [3.05, 3.63) is 59.7 Å². The van der Waals surface area contributed by atoms with Crippen molar-refractivity contribution in [3.8, 4) is 0 Å². The van der Waals surface area contributed by atoms with Crippen molar-refractivity contribution >= 4 is 21.6 Å². The van der Waals surface area contributed by atoms with Crippen molar-refractivity contribution in [1.29, 1.82) is 0 Å². The molecule has 6 heteroatoms. The number of benzene rings is 2. The standard InChI is InChI=1S/C21H26N2O3S/c1-16-9-8-13-20(17(16)2)22-21(24)15-18-10-6-7-14-23(18)27(25,26)19-11-4-3-5-12-19/h3-5,8-9,11-13,18H,6-7,10,14-15H2,1-2H3,(H,22,24)/t18-/m1/s1. The highest BCUT2D eigenvalue weighted by molar-refractivity contribution is 7.89. The number of amides is 1. The maximum Gasteiger partial charge on any atom is 0.243 e. The summed E-state index contributed by atoms with van der Waals surface area (Å²) >= 11 is 0. The van der Waals surface area contributed by atoms with E-state index in [-0.39, 0.29) is 23.3 Å². The second kappa shape index (κ2) is 8.23. The van der Waals surface area contributed by atoms with Gasteiger partial charge in [0.25, 0.3) is 0 Å². The zero-order valence-electron chi connectivity index (χ0n) is 15.8. The van der Waals surface area contributed by atoms with Gasteiger partial charge in [0.2, 0.25) is 15.9 Å². The van der Waals surface area contributed by atoms with E-state index < -0.39 is 10.0 Å². The van der Waals surface area contributed by atoms with Crippen LogP contribution in [0.25, 0.3) is 0 Å². The Morgan fingerprint density at radius 1 is 1.07 bits per heavy atom. The van der Waals surface area contributed by atoms with Gasteiger partial charge in [0.1, 0.15) is 0 Å². The summed E-state index contributed by atoms with van der Waals surface area (Å²) in [5.74, 6) is -0.149. The molecular weight excluding hydrogens is 360 g/mol. The molecule has 2 aromatic carbocycles. The first kappa shape index (κ1) is 19.6. The highest BCUT2D eigenvalue weighted by Gasteiger charge is 2.34. The average Bonchev–Trinajstić information content (AvgIpc) is 2.66. The van der Waals surface area contributed by atoms with Gasteiger partial charge >= 0.3 is 0 Å². The molecule has 1 aliphatic rings. The van der Waals surface area contributed by atoms with E-state index in [0.29, 0.717) is 13.0 Å². The quantitative estimate of drug-likeness (QED) is 0.848. The minimum absolute atomic E-state index is 0.149. The third-order valence-electron chi connectivity index (χ3n) is 5.22. The van der Waals surface area contributed by atoms with Crippen LogP contribution in [0.2, 0.25) is 0 Å². The van der Waals surface area contributed by atoms with Gasteiger partial charge in [0.15, 0.2) is 0 Å². The molecule has 0 aliphatic carbocycles. The molecule has 144 valence electrons. The zero-order valence-corrected chi connectivity index (χ0v) is 16.6. The van der Waals surface area contributed by atoms with Crippen molar-refractivity contribution in [2.24, 2.45) is 0 Å². The second-order valence-corrected chi connectivity index (χ2v) is 8.97. The van der Waals surface area contributed by atoms with Gasteiger partial charge in [-0.25, -0.2) is 8.42 Å². The highest BCUT2D eigenvalue weighted by Crippen LogP contribution is 2.27. The van der Waals surface area contributed by atoms with Crippen LogP contribution in [0.4, 0.5) is 5.69 Å². The lowest BCUT2D eigenvalue weighted by Gasteiger charge is -2.34. The van der Waals surface area contributed by atoms with Gasteiger partial charge < -0.3 is 5.32 Å². The van der Waals surface area contributed by atoms with Crippen LogP contribution in [0.15, 0.2) is 53.4 Å². The summed E-state index contributed by atoms with van der Waals surface area (Å²) in [6.07, 6.45) is 2.62. The minimum Gasteiger partial charge on any atom is -0.326 e. The van der Waals surface area contributed by atoms with E-state index in [1.54, 1.807) is 30.3 Å². The van der Waals surface area contributed by atoms with E-state index in [0.717, 1.165) is 29.7 Å². The predicted molar refractivity (Wildman–Crippen MR) is 107 cm³/mol. The fourth-order valence-electron chi connectivity index (χ4n) is 3.52. The van der Waals surface area contributed by atoms with Crippen LogP contribution in [0.3, 0.4) is 0 Å². The molecule has 0 spiro atoms. The number of carbonyl (C=O) groups excluding carboxylic acids is 1. The predicted octanol–water partition coefficient (Wildman–Crippen LogP) is 3.88. The number of anilines is 1. The van der Waals surface area contributed by atoms with Gasteiger partial charge in [-0.3, -0.25) is 4.79 Å². The summed E-state index contributed by atoms with van der Waals surface area (Å²) in [7, 11) is -3.59. The van der Waals surface area contributed by atoms with Crippen LogP contribution in [-0.2, 0) is 14.8 Å². The molecule has 1 N–H and O–H groups in total. The Kier molecular flexibility index (Phi) is 5.97. The maximum atomic E-state index is 13.0. The van der Waals surface area contributed by atoms with Crippen molar-refractivity contribution in [2.45, 2.75) is 50.5 Å². The fourth-order valence-corrected chi connectivity index (χ4v) is 5.24. The van der Waals surface area contributed by atoms with E-state index in [2.05, 4.69) is 5.32 Å². The lowest BCUT2D eigenvalue weighted by Crippen LogP contribution is -2.45. The normalized spacial score (nSPS) is 18.2. The van der Waals surface area contributed by atoms with E-state index in [9.17, 15) is 13.2 Å². The maximum absolute atomic E-state index is 13.0. The number of nitrogens with zero attached hydrogens (tertiary/aromatic N) is 1. The Morgan fingerprint density at radius 2 is 1.81 bits per heavy atom. The topological polar surface area (TPSA) is 66.5 Å². The van der Waals surface area contributed by atoms with Gasteiger partial charge in [-0.15, -0.1) is 0 Å². The number of hydrogen-bond donors (Lipinski definition) is 1. The molecular formula is C21H26N2O3S. The molecule has 1 aliphatic heterocycles. The number of hydrogen-bond acceptors (Lipinski definition) is 3. The highest BCUT2D eigenvalue weighted by atomic mass is 32.2. The summed E-state index contributed by atoms with van der Waals surface area (Å²) < 4.78 is 27.6. The van der Waals surface area contributed by atoms with E-state index in [1.165, 1.54) is 4.31 Å². The molecule has 0 bridgehead atoms. The molecule has 1 heterocycles. The summed E-state index contributed by atoms with van der Waals surface area (Å²) in [6, 6.07) is 13.9. The summed E-state index contributed by atoms with van der Waals surface area (Å²) in [4.78, 5) is 12.9. The van der Waals surface area contributed by atoms with Gasteiger partial charge in [-0.2, -0.15) is 4.31 Å². The van der Waals surface area contributed by atoms with Gasteiger partial charge in [-0.05, 0) is 56.0 Å². The lowest BCUT2D eigenvalue weighted by atomic mass is 10.0. The van der Waals surface area contributed by atoms with E-state index in [1.807, 2.05) is 32.0 Å².